The number of amides is 1. The van der Waals surface area contributed by atoms with E-state index in [1.807, 2.05) is 24.3 Å². The summed E-state index contributed by atoms with van der Waals surface area (Å²) in [6.07, 6.45) is 0.701. The van der Waals surface area contributed by atoms with Crippen LogP contribution in [0.1, 0.15) is 15.9 Å². The fourth-order valence-electron chi connectivity index (χ4n) is 1.90. The molecule has 110 valence electrons. The number of hydrogen-bond acceptors (Lipinski definition) is 3. The van der Waals surface area contributed by atoms with Gasteiger partial charge in [0.15, 0.2) is 0 Å². The largest absolute Gasteiger partial charge is 0.508 e. The number of halogens is 1. The highest BCUT2D eigenvalue weighted by atomic mass is 35.5. The highest BCUT2D eigenvalue weighted by Crippen LogP contribution is 2.21. The molecule has 0 bridgehead atoms. The van der Waals surface area contributed by atoms with Crippen LogP contribution in [0.5, 0.6) is 11.5 Å². The molecule has 2 aromatic carbocycles. The Kier molecular flexibility index (Phi) is 5.06. The highest BCUT2D eigenvalue weighted by Gasteiger charge is 2.10. The maximum absolute atomic E-state index is 12.0. The van der Waals surface area contributed by atoms with E-state index in [1.165, 1.54) is 18.2 Å². The number of phenolic OH excluding ortho intramolecular Hbond substituents is 1. The maximum atomic E-state index is 12.0. The molecule has 0 spiro atoms. The van der Waals surface area contributed by atoms with Crippen LogP contribution in [0.25, 0.3) is 0 Å². The molecule has 0 aliphatic carbocycles. The Labute approximate surface area is 128 Å². The predicted molar refractivity (Wildman–Crippen MR) is 82.1 cm³/mol. The van der Waals surface area contributed by atoms with Gasteiger partial charge in [-0.2, -0.15) is 0 Å². The van der Waals surface area contributed by atoms with Gasteiger partial charge in [-0.1, -0.05) is 23.7 Å². The molecule has 21 heavy (non-hydrogen) atoms. The molecular weight excluding hydrogens is 290 g/mol. The zero-order valence-corrected chi connectivity index (χ0v) is 12.4. The van der Waals surface area contributed by atoms with Gasteiger partial charge >= 0.3 is 0 Å². The van der Waals surface area contributed by atoms with E-state index in [2.05, 4.69) is 5.32 Å². The molecule has 2 aromatic rings. The summed E-state index contributed by atoms with van der Waals surface area (Å²) in [5, 5.41) is 12.5. The molecular formula is C16H16ClNO3. The molecule has 5 heteroatoms. The summed E-state index contributed by atoms with van der Waals surface area (Å²) in [5.41, 5.74) is 1.37. The Hall–Kier alpha value is -2.20. The summed E-state index contributed by atoms with van der Waals surface area (Å²) in [5.74, 6) is 0.512. The fourth-order valence-corrected chi connectivity index (χ4v) is 2.10. The quantitative estimate of drug-likeness (QED) is 0.892. The Morgan fingerprint density at radius 2 is 1.95 bits per heavy atom. The number of nitrogens with one attached hydrogen (secondary N) is 1. The van der Waals surface area contributed by atoms with E-state index < -0.39 is 0 Å². The van der Waals surface area contributed by atoms with Gasteiger partial charge in [-0.25, -0.2) is 0 Å². The highest BCUT2D eigenvalue weighted by molar-refractivity contribution is 6.33. The summed E-state index contributed by atoms with van der Waals surface area (Å²) < 4.78 is 5.09. The van der Waals surface area contributed by atoms with Crippen molar-refractivity contribution in [2.45, 2.75) is 6.42 Å². The van der Waals surface area contributed by atoms with Crippen molar-refractivity contribution in [3.63, 3.8) is 0 Å². The Bertz CT molecular complexity index is 626. The first kappa shape index (κ1) is 15.2. The molecule has 0 unspecified atom stereocenters. The third kappa shape index (κ3) is 4.13. The molecule has 0 saturated carbocycles. The lowest BCUT2D eigenvalue weighted by molar-refractivity contribution is 0.0954. The molecule has 0 aromatic heterocycles. The van der Waals surface area contributed by atoms with Gasteiger partial charge in [0.2, 0.25) is 0 Å². The minimum absolute atomic E-state index is 0.0136. The molecule has 4 nitrogen and oxygen atoms in total. The van der Waals surface area contributed by atoms with Crippen molar-refractivity contribution in [3.05, 3.63) is 58.6 Å². The average Bonchev–Trinajstić information content (AvgIpc) is 2.50. The van der Waals surface area contributed by atoms with Crippen LogP contribution >= 0.6 is 11.6 Å². The Balaban J connectivity index is 1.90. The van der Waals surface area contributed by atoms with Crippen LogP contribution in [0.15, 0.2) is 42.5 Å². The van der Waals surface area contributed by atoms with Crippen molar-refractivity contribution in [3.8, 4) is 11.5 Å². The fraction of sp³-hybridized carbons (Fsp3) is 0.188. The lowest BCUT2D eigenvalue weighted by atomic mass is 10.1. The molecule has 0 aliphatic rings. The number of ether oxygens (including phenoxy) is 1. The van der Waals surface area contributed by atoms with Gasteiger partial charge < -0.3 is 15.2 Å². The number of carbonyl (C=O) groups excluding carboxylic acids is 1. The van der Waals surface area contributed by atoms with Crippen molar-refractivity contribution < 1.29 is 14.6 Å². The minimum Gasteiger partial charge on any atom is -0.508 e. The second-order valence-corrected chi connectivity index (χ2v) is 4.93. The standard InChI is InChI=1S/C16H16ClNO3/c1-21-13-5-2-11(3-6-13)8-9-18-16(20)14-10-12(19)4-7-15(14)17/h2-7,10,19H,8-9H2,1H3,(H,18,20). The van der Waals surface area contributed by atoms with E-state index >= 15 is 0 Å². The van der Waals surface area contributed by atoms with Gasteiger partial charge in [0, 0.05) is 6.54 Å². The summed E-state index contributed by atoms with van der Waals surface area (Å²) in [6, 6.07) is 11.9. The van der Waals surface area contributed by atoms with Crippen LogP contribution in [0, 0.1) is 0 Å². The van der Waals surface area contributed by atoms with E-state index in [0.717, 1.165) is 11.3 Å². The number of aromatic hydroxyl groups is 1. The van der Waals surface area contributed by atoms with Gasteiger partial charge in [0.1, 0.15) is 11.5 Å². The predicted octanol–water partition coefficient (Wildman–Crippen LogP) is 3.03. The molecule has 2 rings (SSSR count). The van der Waals surface area contributed by atoms with E-state index in [9.17, 15) is 9.90 Å². The molecule has 0 atom stereocenters. The van der Waals surface area contributed by atoms with Gasteiger partial charge in [-0.15, -0.1) is 0 Å². The van der Waals surface area contributed by atoms with Gasteiger partial charge in [0.25, 0.3) is 5.91 Å². The number of carbonyl (C=O) groups is 1. The van der Waals surface area contributed by atoms with E-state index in [1.54, 1.807) is 7.11 Å². The molecule has 0 saturated heterocycles. The third-order valence-electron chi connectivity index (χ3n) is 3.05. The first-order valence-electron chi connectivity index (χ1n) is 6.50. The van der Waals surface area contributed by atoms with Crippen LogP contribution in [0.4, 0.5) is 0 Å². The smallest absolute Gasteiger partial charge is 0.252 e. The number of benzene rings is 2. The Morgan fingerprint density at radius 3 is 2.62 bits per heavy atom. The number of phenols is 1. The van der Waals surface area contributed by atoms with Crippen LogP contribution in [0.3, 0.4) is 0 Å². The van der Waals surface area contributed by atoms with Gasteiger partial charge in [-0.3, -0.25) is 4.79 Å². The monoisotopic (exact) mass is 305 g/mol. The summed E-state index contributed by atoms with van der Waals surface area (Å²) in [4.78, 5) is 12.0. The van der Waals surface area contributed by atoms with Crippen molar-refractivity contribution >= 4 is 17.5 Å². The van der Waals surface area contributed by atoms with Gasteiger partial charge in [0.05, 0.1) is 17.7 Å². The summed E-state index contributed by atoms with van der Waals surface area (Å²) >= 11 is 5.93. The van der Waals surface area contributed by atoms with Crippen molar-refractivity contribution in [1.29, 1.82) is 0 Å². The number of hydrogen-bond donors (Lipinski definition) is 2. The van der Waals surface area contributed by atoms with Crippen LogP contribution < -0.4 is 10.1 Å². The van der Waals surface area contributed by atoms with Crippen LogP contribution in [-0.4, -0.2) is 24.7 Å². The van der Waals surface area contributed by atoms with Crippen LogP contribution in [-0.2, 0) is 6.42 Å². The van der Waals surface area contributed by atoms with Crippen molar-refractivity contribution in [2.75, 3.05) is 13.7 Å². The normalized spacial score (nSPS) is 10.2. The topological polar surface area (TPSA) is 58.6 Å². The second kappa shape index (κ2) is 6.99. The third-order valence-corrected chi connectivity index (χ3v) is 3.38. The van der Waals surface area contributed by atoms with Crippen molar-refractivity contribution in [2.24, 2.45) is 0 Å². The van der Waals surface area contributed by atoms with Gasteiger partial charge in [-0.05, 0) is 42.3 Å². The second-order valence-electron chi connectivity index (χ2n) is 4.52. The summed E-state index contributed by atoms with van der Waals surface area (Å²) in [6.45, 7) is 0.483. The number of methoxy groups -OCH3 is 1. The molecule has 0 fully saturated rings. The maximum Gasteiger partial charge on any atom is 0.252 e. The van der Waals surface area contributed by atoms with E-state index in [-0.39, 0.29) is 17.2 Å². The lowest BCUT2D eigenvalue weighted by Gasteiger charge is -2.08. The zero-order chi connectivity index (χ0) is 15.2. The first-order chi connectivity index (χ1) is 10.1. The average molecular weight is 306 g/mol. The van der Waals surface area contributed by atoms with E-state index in [0.29, 0.717) is 18.0 Å². The van der Waals surface area contributed by atoms with Crippen molar-refractivity contribution in [1.82, 2.24) is 5.32 Å². The minimum atomic E-state index is -0.301. The summed E-state index contributed by atoms with van der Waals surface area (Å²) in [7, 11) is 1.62. The Morgan fingerprint density at radius 1 is 1.24 bits per heavy atom. The molecule has 0 radical (unpaired) electrons. The lowest BCUT2D eigenvalue weighted by Crippen LogP contribution is -2.25. The molecule has 1 amide bonds. The number of rotatable bonds is 5. The molecule has 0 heterocycles. The zero-order valence-electron chi connectivity index (χ0n) is 11.6. The molecule has 0 aliphatic heterocycles. The van der Waals surface area contributed by atoms with Crippen LogP contribution in [0.2, 0.25) is 5.02 Å². The SMILES string of the molecule is COc1ccc(CCNC(=O)c2cc(O)ccc2Cl)cc1. The first-order valence-corrected chi connectivity index (χ1v) is 6.87. The van der Waals surface area contributed by atoms with E-state index in [4.69, 9.17) is 16.3 Å². The molecule has 2 N–H and O–H groups in total.